The van der Waals surface area contributed by atoms with Crippen LogP contribution in [-0.2, 0) is 11.2 Å². The number of likely N-dealkylation sites (tertiary alicyclic amines) is 1. The number of carbonyl (C=O) groups is 2. The first kappa shape index (κ1) is 25.9. The van der Waals surface area contributed by atoms with Gasteiger partial charge in [0.1, 0.15) is 5.82 Å². The van der Waals surface area contributed by atoms with E-state index in [9.17, 15) is 14.0 Å². The summed E-state index contributed by atoms with van der Waals surface area (Å²) >= 11 is 0. The Hall–Kier alpha value is -4.15. The molecule has 2 heterocycles. The molecule has 2 aromatic carbocycles. The van der Waals surface area contributed by atoms with Crippen molar-refractivity contribution in [1.29, 1.82) is 5.26 Å². The first-order chi connectivity index (χ1) is 18.0. The molecule has 7 heteroatoms. The second kappa shape index (κ2) is 12.7. The molecule has 1 aliphatic heterocycles. The molecule has 0 spiro atoms. The number of Topliss-reactive ketones (excluding diaryl/α,β-unsaturated/α-hetero) is 1. The van der Waals surface area contributed by atoms with Gasteiger partial charge in [-0.05, 0) is 92.0 Å². The predicted molar refractivity (Wildman–Crippen MR) is 140 cm³/mol. The Bertz CT molecular complexity index is 1280. The molecule has 3 aromatic rings. The van der Waals surface area contributed by atoms with Crippen molar-refractivity contribution in [2.45, 2.75) is 25.3 Å². The van der Waals surface area contributed by atoms with Crippen LogP contribution in [0.3, 0.4) is 0 Å². The van der Waals surface area contributed by atoms with Gasteiger partial charge in [0.15, 0.2) is 5.78 Å². The summed E-state index contributed by atoms with van der Waals surface area (Å²) in [6, 6.07) is 18.6. The third-order valence-electron chi connectivity index (χ3n) is 6.56. The number of amides is 1. The van der Waals surface area contributed by atoms with Crippen LogP contribution in [0.25, 0.3) is 6.08 Å². The van der Waals surface area contributed by atoms with Gasteiger partial charge in [-0.3, -0.25) is 14.6 Å². The largest absolute Gasteiger partial charge is 0.348 e. The highest BCUT2D eigenvalue weighted by atomic mass is 19.1. The normalized spacial score (nSPS) is 15.2. The van der Waals surface area contributed by atoms with Gasteiger partial charge in [-0.1, -0.05) is 18.2 Å². The maximum Gasteiger partial charge on any atom is 0.244 e. The monoisotopic (exact) mass is 496 g/mol. The third kappa shape index (κ3) is 7.66. The van der Waals surface area contributed by atoms with Gasteiger partial charge in [0.2, 0.25) is 5.91 Å². The first-order valence-electron chi connectivity index (χ1n) is 12.4. The van der Waals surface area contributed by atoms with Crippen molar-refractivity contribution < 1.29 is 14.0 Å². The highest BCUT2D eigenvalue weighted by Crippen LogP contribution is 2.22. The topological polar surface area (TPSA) is 86.1 Å². The average molecular weight is 497 g/mol. The number of nitrogens with zero attached hydrogens (tertiary/aromatic N) is 3. The smallest absolute Gasteiger partial charge is 0.244 e. The molecule has 0 radical (unpaired) electrons. The van der Waals surface area contributed by atoms with Crippen molar-refractivity contribution >= 4 is 17.8 Å². The SMILES string of the molecule is N#Cc1cccc(C=CC(=O)N[C@H](Cc2cccnc2)CN2CCC(C(=O)c3ccc(F)cc3)CC2)c1. The van der Waals surface area contributed by atoms with Crippen LogP contribution in [0.5, 0.6) is 0 Å². The van der Waals surface area contributed by atoms with Gasteiger partial charge in [0.05, 0.1) is 11.6 Å². The Balaban J connectivity index is 1.36. The summed E-state index contributed by atoms with van der Waals surface area (Å²) in [6.45, 7) is 2.14. The first-order valence-corrected chi connectivity index (χ1v) is 12.4. The minimum atomic E-state index is -0.349. The van der Waals surface area contributed by atoms with Crippen LogP contribution in [0.2, 0.25) is 0 Å². The van der Waals surface area contributed by atoms with Crippen molar-refractivity contribution in [3.63, 3.8) is 0 Å². The summed E-state index contributed by atoms with van der Waals surface area (Å²) in [4.78, 5) is 32.1. The van der Waals surface area contributed by atoms with E-state index in [4.69, 9.17) is 5.26 Å². The molecule has 0 aliphatic carbocycles. The van der Waals surface area contributed by atoms with Crippen LogP contribution in [0.15, 0.2) is 79.1 Å². The number of ketones is 1. The molecule has 0 bridgehead atoms. The zero-order chi connectivity index (χ0) is 26.0. The van der Waals surface area contributed by atoms with Crippen LogP contribution in [0, 0.1) is 23.1 Å². The lowest BCUT2D eigenvalue weighted by Gasteiger charge is -2.34. The Morgan fingerprint density at radius 2 is 1.92 bits per heavy atom. The van der Waals surface area contributed by atoms with E-state index in [1.165, 1.54) is 18.2 Å². The molecular weight excluding hydrogens is 467 g/mol. The van der Waals surface area contributed by atoms with Crippen molar-refractivity contribution in [3.05, 3.63) is 107 Å². The van der Waals surface area contributed by atoms with Crippen molar-refractivity contribution in [3.8, 4) is 6.07 Å². The summed E-state index contributed by atoms with van der Waals surface area (Å²) in [5, 5.41) is 12.2. The quantitative estimate of drug-likeness (QED) is 0.350. The minimum Gasteiger partial charge on any atom is -0.348 e. The molecular formula is C30H29FN4O2. The summed E-state index contributed by atoms with van der Waals surface area (Å²) in [5.41, 5.74) is 2.90. The molecule has 0 saturated carbocycles. The summed E-state index contributed by atoms with van der Waals surface area (Å²) in [6.07, 6.45) is 8.78. The lowest BCUT2D eigenvalue weighted by molar-refractivity contribution is -0.117. The fourth-order valence-electron chi connectivity index (χ4n) is 4.64. The van der Waals surface area contributed by atoms with Crippen LogP contribution in [0.1, 0.15) is 39.9 Å². The van der Waals surface area contributed by atoms with Crippen LogP contribution >= 0.6 is 0 Å². The van der Waals surface area contributed by atoms with Gasteiger partial charge >= 0.3 is 0 Å². The summed E-state index contributed by atoms with van der Waals surface area (Å²) in [7, 11) is 0. The van der Waals surface area contributed by atoms with Crippen molar-refractivity contribution in [2.75, 3.05) is 19.6 Å². The second-order valence-corrected chi connectivity index (χ2v) is 9.29. The Labute approximate surface area is 216 Å². The number of rotatable bonds is 9. The molecule has 188 valence electrons. The Morgan fingerprint density at radius 1 is 1.14 bits per heavy atom. The van der Waals surface area contributed by atoms with E-state index in [2.05, 4.69) is 21.3 Å². The zero-order valence-corrected chi connectivity index (χ0v) is 20.5. The third-order valence-corrected chi connectivity index (χ3v) is 6.56. The van der Waals surface area contributed by atoms with Gasteiger partial charge in [-0.25, -0.2) is 4.39 Å². The van der Waals surface area contributed by atoms with Gasteiger partial charge < -0.3 is 10.2 Å². The number of piperidine rings is 1. The minimum absolute atomic E-state index is 0.0606. The van der Waals surface area contributed by atoms with Gasteiger partial charge in [0.25, 0.3) is 0 Å². The van der Waals surface area contributed by atoms with Gasteiger partial charge in [0, 0.05) is 42.5 Å². The lowest BCUT2D eigenvalue weighted by atomic mass is 9.88. The second-order valence-electron chi connectivity index (χ2n) is 9.29. The van der Waals surface area contributed by atoms with E-state index >= 15 is 0 Å². The summed E-state index contributed by atoms with van der Waals surface area (Å²) < 4.78 is 13.2. The van der Waals surface area contributed by atoms with Gasteiger partial charge in [-0.15, -0.1) is 0 Å². The number of hydrogen-bond acceptors (Lipinski definition) is 5. The number of aromatic nitrogens is 1. The van der Waals surface area contributed by atoms with E-state index in [0.29, 0.717) is 24.1 Å². The molecule has 1 amide bonds. The van der Waals surface area contributed by atoms with Crippen LogP contribution < -0.4 is 5.32 Å². The molecule has 1 saturated heterocycles. The number of halogens is 1. The number of benzene rings is 2. The molecule has 0 unspecified atom stereocenters. The number of nitrogens with one attached hydrogen (secondary N) is 1. The number of hydrogen-bond donors (Lipinski definition) is 1. The zero-order valence-electron chi connectivity index (χ0n) is 20.5. The molecule has 1 atom stereocenters. The molecule has 37 heavy (non-hydrogen) atoms. The van der Waals surface area contributed by atoms with Gasteiger partial charge in [-0.2, -0.15) is 5.26 Å². The lowest BCUT2D eigenvalue weighted by Crippen LogP contribution is -2.47. The van der Waals surface area contributed by atoms with Crippen molar-refractivity contribution in [1.82, 2.24) is 15.2 Å². The summed E-state index contributed by atoms with van der Waals surface area (Å²) in [5.74, 6) is -0.582. The predicted octanol–water partition coefficient (Wildman–Crippen LogP) is 4.43. The number of nitriles is 1. The fourth-order valence-corrected chi connectivity index (χ4v) is 4.64. The highest BCUT2D eigenvalue weighted by molar-refractivity contribution is 5.97. The van der Waals surface area contributed by atoms with E-state index < -0.39 is 0 Å². The maximum absolute atomic E-state index is 13.2. The van der Waals surface area contributed by atoms with Crippen molar-refractivity contribution in [2.24, 2.45) is 5.92 Å². The maximum atomic E-state index is 13.2. The average Bonchev–Trinajstić information content (AvgIpc) is 2.93. The van der Waals surface area contributed by atoms with E-state index in [1.807, 2.05) is 18.2 Å². The standard InChI is InChI=1S/C30H29FN4O2/c31-27-9-7-25(8-10-27)30(37)26-12-15-35(16-13-26)21-28(18-24-5-2-14-33-20-24)34-29(36)11-6-22-3-1-4-23(17-22)19-32/h1-11,14,17,20,26,28H,12-13,15-16,18,21H2,(H,34,36)/t28-/m1/s1. The molecule has 1 fully saturated rings. The molecule has 4 rings (SSSR count). The van der Waals surface area contributed by atoms with Crippen LogP contribution in [-0.4, -0.2) is 47.3 Å². The molecule has 1 aliphatic rings. The van der Waals surface area contributed by atoms with E-state index in [-0.39, 0.29) is 29.5 Å². The van der Waals surface area contributed by atoms with E-state index in [1.54, 1.807) is 48.8 Å². The Kier molecular flexibility index (Phi) is 8.90. The fraction of sp³-hybridized carbons (Fsp3) is 0.267. The highest BCUT2D eigenvalue weighted by Gasteiger charge is 2.27. The molecule has 1 N–H and O–H groups in total. The van der Waals surface area contributed by atoms with E-state index in [0.717, 1.165) is 37.1 Å². The number of pyridine rings is 1. The molecule has 1 aromatic heterocycles. The number of carbonyl (C=O) groups excluding carboxylic acids is 2. The Morgan fingerprint density at radius 3 is 2.62 bits per heavy atom. The molecule has 6 nitrogen and oxygen atoms in total. The van der Waals surface area contributed by atoms with Crippen LogP contribution in [0.4, 0.5) is 4.39 Å².